The Morgan fingerprint density at radius 2 is 2.06 bits per heavy atom. The molecule has 0 atom stereocenters. The van der Waals surface area contributed by atoms with Crippen LogP contribution >= 0.6 is 0 Å². The van der Waals surface area contributed by atoms with Gasteiger partial charge in [-0.1, -0.05) is 30.3 Å². The highest BCUT2D eigenvalue weighted by Crippen LogP contribution is 2.18. The van der Waals surface area contributed by atoms with Gasteiger partial charge < -0.3 is 15.4 Å². The molecular weight excluding hydrogens is 204 g/mol. The molecule has 1 saturated heterocycles. The van der Waals surface area contributed by atoms with Gasteiger partial charge in [0.2, 0.25) is 0 Å². The van der Waals surface area contributed by atoms with Gasteiger partial charge in [-0.3, -0.25) is 0 Å². The molecular formula is C12H16N2O2. The van der Waals surface area contributed by atoms with E-state index in [-0.39, 0.29) is 11.6 Å². The monoisotopic (exact) mass is 220 g/mol. The maximum atomic E-state index is 11.5. The normalized spacial score (nSPS) is 17.8. The highest BCUT2D eigenvalue weighted by atomic mass is 16.6. The van der Waals surface area contributed by atoms with E-state index in [1.54, 1.807) is 4.90 Å². The second kappa shape index (κ2) is 4.14. The molecule has 86 valence electrons. The Morgan fingerprint density at radius 1 is 1.44 bits per heavy atom. The molecule has 1 aromatic carbocycles. The molecule has 0 unspecified atom stereocenters. The lowest BCUT2D eigenvalue weighted by molar-refractivity contribution is 0.0425. The van der Waals surface area contributed by atoms with Crippen LogP contribution in [-0.4, -0.2) is 29.6 Å². The molecule has 1 aromatic rings. The first-order valence-electron chi connectivity index (χ1n) is 5.31. The molecule has 1 amide bonds. The molecule has 1 aliphatic rings. The minimum Gasteiger partial charge on any atom is -0.445 e. The minimum absolute atomic E-state index is 0.244. The van der Waals surface area contributed by atoms with E-state index in [1.165, 1.54) is 0 Å². The molecule has 4 heteroatoms. The summed E-state index contributed by atoms with van der Waals surface area (Å²) >= 11 is 0. The predicted octanol–water partition coefficient (Wildman–Crippen LogP) is 1.36. The molecule has 2 rings (SSSR count). The van der Waals surface area contributed by atoms with Crippen molar-refractivity contribution in [3.63, 3.8) is 0 Å². The first-order chi connectivity index (χ1) is 7.57. The molecule has 0 bridgehead atoms. The first kappa shape index (κ1) is 11.0. The summed E-state index contributed by atoms with van der Waals surface area (Å²) in [6.45, 7) is 3.38. The molecule has 0 spiro atoms. The van der Waals surface area contributed by atoms with E-state index in [4.69, 9.17) is 10.5 Å². The molecule has 4 nitrogen and oxygen atoms in total. The van der Waals surface area contributed by atoms with Crippen molar-refractivity contribution in [2.75, 3.05) is 13.1 Å². The fourth-order valence-corrected chi connectivity index (χ4v) is 1.77. The molecule has 1 heterocycles. The lowest BCUT2D eigenvalue weighted by Gasteiger charge is -2.44. The van der Waals surface area contributed by atoms with E-state index in [2.05, 4.69) is 0 Å². The molecule has 2 N–H and O–H groups in total. The van der Waals surface area contributed by atoms with Crippen LogP contribution in [0.1, 0.15) is 12.5 Å². The number of hydrogen-bond acceptors (Lipinski definition) is 3. The van der Waals surface area contributed by atoms with E-state index < -0.39 is 0 Å². The molecule has 16 heavy (non-hydrogen) atoms. The van der Waals surface area contributed by atoms with E-state index in [9.17, 15) is 4.79 Å². The zero-order valence-corrected chi connectivity index (χ0v) is 9.35. The first-order valence-corrected chi connectivity index (χ1v) is 5.31. The van der Waals surface area contributed by atoms with Crippen molar-refractivity contribution in [1.82, 2.24) is 4.90 Å². The van der Waals surface area contributed by atoms with Crippen molar-refractivity contribution >= 4 is 6.09 Å². The largest absolute Gasteiger partial charge is 0.445 e. The third kappa shape index (κ3) is 2.52. The van der Waals surface area contributed by atoms with Gasteiger partial charge in [-0.25, -0.2) is 4.79 Å². The van der Waals surface area contributed by atoms with Crippen LogP contribution < -0.4 is 5.73 Å². The SMILES string of the molecule is CC1(N)CN(C(=O)OCc2ccccc2)C1. The van der Waals surface area contributed by atoms with Crippen molar-refractivity contribution in [2.24, 2.45) is 5.73 Å². The lowest BCUT2D eigenvalue weighted by atomic mass is 9.95. The van der Waals surface area contributed by atoms with Gasteiger partial charge in [-0.15, -0.1) is 0 Å². The number of amides is 1. The van der Waals surface area contributed by atoms with Crippen LogP contribution in [0.15, 0.2) is 30.3 Å². The van der Waals surface area contributed by atoms with E-state index in [0.29, 0.717) is 19.7 Å². The van der Waals surface area contributed by atoms with Crippen molar-refractivity contribution < 1.29 is 9.53 Å². The molecule has 0 aromatic heterocycles. The summed E-state index contributed by atoms with van der Waals surface area (Å²) in [7, 11) is 0. The number of rotatable bonds is 2. The summed E-state index contributed by atoms with van der Waals surface area (Å²) in [5.74, 6) is 0. The average molecular weight is 220 g/mol. The number of likely N-dealkylation sites (tertiary alicyclic amines) is 1. The van der Waals surface area contributed by atoms with Crippen LogP contribution in [0.4, 0.5) is 4.79 Å². The maximum absolute atomic E-state index is 11.5. The smallest absolute Gasteiger partial charge is 0.410 e. The minimum atomic E-state index is -0.285. The number of ether oxygens (including phenoxy) is 1. The number of hydrogen-bond donors (Lipinski definition) is 1. The molecule has 0 saturated carbocycles. The van der Waals surface area contributed by atoms with Crippen LogP contribution in [0.5, 0.6) is 0 Å². The standard InChI is InChI=1S/C12H16N2O2/c1-12(13)8-14(9-12)11(15)16-7-10-5-3-2-4-6-10/h2-6H,7-9,13H2,1H3. The topological polar surface area (TPSA) is 55.6 Å². The van der Waals surface area contributed by atoms with Crippen molar-refractivity contribution in [2.45, 2.75) is 19.1 Å². The van der Waals surface area contributed by atoms with Crippen LogP contribution in [0.25, 0.3) is 0 Å². The van der Waals surface area contributed by atoms with Gasteiger partial charge in [0.1, 0.15) is 6.61 Å². The molecule has 1 fully saturated rings. The van der Waals surface area contributed by atoms with Gasteiger partial charge in [-0.05, 0) is 12.5 Å². The van der Waals surface area contributed by atoms with Gasteiger partial charge in [0, 0.05) is 18.6 Å². The van der Waals surface area contributed by atoms with Crippen LogP contribution in [0, 0.1) is 0 Å². The number of nitrogens with two attached hydrogens (primary N) is 1. The lowest BCUT2D eigenvalue weighted by Crippen LogP contribution is -2.66. The second-order valence-corrected chi connectivity index (χ2v) is 4.55. The third-order valence-electron chi connectivity index (χ3n) is 2.57. The van der Waals surface area contributed by atoms with Crippen molar-refractivity contribution in [3.05, 3.63) is 35.9 Å². The Balaban J connectivity index is 1.77. The van der Waals surface area contributed by atoms with Gasteiger partial charge >= 0.3 is 6.09 Å². The highest BCUT2D eigenvalue weighted by Gasteiger charge is 2.38. The molecule has 1 aliphatic heterocycles. The highest BCUT2D eigenvalue weighted by molar-refractivity contribution is 5.69. The molecule has 0 radical (unpaired) electrons. The number of carbonyl (C=O) groups is 1. The Hall–Kier alpha value is -1.55. The summed E-state index contributed by atoms with van der Waals surface area (Å²) < 4.78 is 5.16. The van der Waals surface area contributed by atoms with E-state index in [0.717, 1.165) is 5.56 Å². The fourth-order valence-electron chi connectivity index (χ4n) is 1.77. The molecule has 0 aliphatic carbocycles. The summed E-state index contributed by atoms with van der Waals surface area (Å²) in [6.07, 6.45) is -0.285. The van der Waals surface area contributed by atoms with E-state index >= 15 is 0 Å². The zero-order chi connectivity index (χ0) is 11.6. The number of nitrogens with zero attached hydrogens (tertiary/aromatic N) is 1. The number of carbonyl (C=O) groups excluding carboxylic acids is 1. The zero-order valence-electron chi connectivity index (χ0n) is 9.35. The average Bonchev–Trinajstić information content (AvgIpc) is 2.24. The maximum Gasteiger partial charge on any atom is 0.410 e. The van der Waals surface area contributed by atoms with Gasteiger partial charge in [0.05, 0.1) is 0 Å². The van der Waals surface area contributed by atoms with Crippen LogP contribution in [-0.2, 0) is 11.3 Å². The van der Waals surface area contributed by atoms with E-state index in [1.807, 2.05) is 37.3 Å². The fraction of sp³-hybridized carbons (Fsp3) is 0.417. The Labute approximate surface area is 95.0 Å². The van der Waals surface area contributed by atoms with Crippen LogP contribution in [0.2, 0.25) is 0 Å². The Morgan fingerprint density at radius 3 is 2.62 bits per heavy atom. The predicted molar refractivity (Wildman–Crippen MR) is 60.8 cm³/mol. The second-order valence-electron chi connectivity index (χ2n) is 4.55. The quantitative estimate of drug-likeness (QED) is 0.818. The Bertz CT molecular complexity index is 368. The van der Waals surface area contributed by atoms with Crippen molar-refractivity contribution in [1.29, 1.82) is 0 Å². The summed E-state index contributed by atoms with van der Waals surface area (Å²) in [5, 5.41) is 0. The number of benzene rings is 1. The third-order valence-corrected chi connectivity index (χ3v) is 2.57. The van der Waals surface area contributed by atoms with Gasteiger partial charge in [0.25, 0.3) is 0 Å². The van der Waals surface area contributed by atoms with Gasteiger partial charge in [0.15, 0.2) is 0 Å². The van der Waals surface area contributed by atoms with Crippen molar-refractivity contribution in [3.8, 4) is 0 Å². The summed E-state index contributed by atoms with van der Waals surface area (Å²) in [6, 6.07) is 9.63. The summed E-state index contributed by atoms with van der Waals surface area (Å²) in [5.41, 5.74) is 6.56. The van der Waals surface area contributed by atoms with Gasteiger partial charge in [-0.2, -0.15) is 0 Å². The van der Waals surface area contributed by atoms with Crippen LogP contribution in [0.3, 0.4) is 0 Å². The Kier molecular flexibility index (Phi) is 2.83. The summed E-state index contributed by atoms with van der Waals surface area (Å²) in [4.78, 5) is 13.1.